The second kappa shape index (κ2) is 6.75. The van der Waals surface area contributed by atoms with Gasteiger partial charge in [-0.1, -0.05) is 6.07 Å². The quantitative estimate of drug-likeness (QED) is 0.778. The Bertz CT molecular complexity index is 795. The Morgan fingerprint density at radius 3 is 2.91 bits per heavy atom. The smallest absolute Gasteiger partial charge is 0.226 e. The summed E-state index contributed by atoms with van der Waals surface area (Å²) < 4.78 is 5.52. The molecule has 0 radical (unpaired) electrons. The van der Waals surface area contributed by atoms with Crippen molar-refractivity contribution in [2.45, 2.75) is 26.3 Å². The highest BCUT2D eigenvalue weighted by Crippen LogP contribution is 2.22. The maximum absolute atomic E-state index is 12.1. The van der Waals surface area contributed by atoms with Gasteiger partial charge in [0.25, 0.3) is 0 Å². The second-order valence-electron chi connectivity index (χ2n) is 5.27. The molecule has 1 amide bonds. The van der Waals surface area contributed by atoms with Crippen molar-refractivity contribution in [1.29, 1.82) is 0 Å². The van der Waals surface area contributed by atoms with Crippen LogP contribution >= 0.6 is 11.3 Å². The summed E-state index contributed by atoms with van der Waals surface area (Å²) in [7, 11) is 0. The molecule has 0 aromatic carbocycles. The van der Waals surface area contributed by atoms with Gasteiger partial charge in [-0.3, -0.25) is 9.78 Å². The van der Waals surface area contributed by atoms with Crippen molar-refractivity contribution in [3.8, 4) is 10.7 Å². The monoisotopic (exact) mass is 327 g/mol. The molecule has 0 bridgehead atoms. The molecule has 0 saturated heterocycles. The van der Waals surface area contributed by atoms with Gasteiger partial charge in [-0.05, 0) is 38.1 Å². The van der Waals surface area contributed by atoms with E-state index < -0.39 is 0 Å². The van der Waals surface area contributed by atoms with Crippen LogP contribution in [0.25, 0.3) is 10.7 Å². The summed E-state index contributed by atoms with van der Waals surface area (Å²) in [6, 6.07) is 9.29. The maximum Gasteiger partial charge on any atom is 0.226 e. The summed E-state index contributed by atoms with van der Waals surface area (Å²) >= 11 is 1.49. The number of nitrogens with zero attached hydrogens (tertiary/aromatic N) is 2. The average Bonchev–Trinajstić information content (AvgIpc) is 3.17. The molecule has 3 aromatic rings. The highest BCUT2D eigenvalue weighted by atomic mass is 32.1. The van der Waals surface area contributed by atoms with Crippen LogP contribution in [0.2, 0.25) is 0 Å². The van der Waals surface area contributed by atoms with Crippen molar-refractivity contribution in [2.24, 2.45) is 0 Å². The van der Waals surface area contributed by atoms with Gasteiger partial charge in [0.05, 0.1) is 23.9 Å². The highest BCUT2D eigenvalue weighted by molar-refractivity contribution is 7.13. The van der Waals surface area contributed by atoms with E-state index >= 15 is 0 Å². The van der Waals surface area contributed by atoms with Crippen molar-refractivity contribution in [1.82, 2.24) is 15.3 Å². The van der Waals surface area contributed by atoms with Crippen molar-refractivity contribution in [2.75, 3.05) is 0 Å². The topological polar surface area (TPSA) is 68.0 Å². The van der Waals surface area contributed by atoms with Gasteiger partial charge < -0.3 is 9.73 Å². The molecule has 6 heteroatoms. The summed E-state index contributed by atoms with van der Waals surface area (Å²) in [6.07, 6.45) is 1.98. The molecule has 23 heavy (non-hydrogen) atoms. The van der Waals surface area contributed by atoms with Gasteiger partial charge in [0, 0.05) is 11.6 Å². The molecule has 118 valence electrons. The van der Waals surface area contributed by atoms with Crippen LogP contribution in [0.15, 0.2) is 46.3 Å². The molecule has 0 aliphatic rings. The van der Waals surface area contributed by atoms with E-state index in [0.29, 0.717) is 0 Å². The summed E-state index contributed by atoms with van der Waals surface area (Å²) in [5.41, 5.74) is 1.57. The number of furan rings is 1. The van der Waals surface area contributed by atoms with Gasteiger partial charge in [0.1, 0.15) is 16.5 Å². The third-order valence-corrected chi connectivity index (χ3v) is 4.26. The zero-order valence-corrected chi connectivity index (χ0v) is 13.8. The average molecular weight is 327 g/mol. The fraction of sp³-hybridized carbons (Fsp3) is 0.235. The van der Waals surface area contributed by atoms with Crippen LogP contribution in [0.3, 0.4) is 0 Å². The summed E-state index contributed by atoms with van der Waals surface area (Å²) in [5.74, 6) is 1.51. The Hall–Kier alpha value is -2.47. The molecule has 3 aromatic heterocycles. The van der Waals surface area contributed by atoms with Crippen molar-refractivity contribution >= 4 is 17.2 Å². The summed E-state index contributed by atoms with van der Waals surface area (Å²) in [5, 5.41) is 5.64. The van der Waals surface area contributed by atoms with Crippen LogP contribution < -0.4 is 5.32 Å². The van der Waals surface area contributed by atoms with Gasteiger partial charge in [0.15, 0.2) is 0 Å². The first-order chi connectivity index (χ1) is 11.1. The predicted molar refractivity (Wildman–Crippen MR) is 89.1 cm³/mol. The SMILES string of the molecule is Cc1ccc(C(C)NC(=O)Cc2csc(-c3ccccn3)n2)o1. The van der Waals surface area contributed by atoms with E-state index in [1.54, 1.807) is 6.20 Å². The molecular formula is C17H17N3O2S. The van der Waals surface area contributed by atoms with Gasteiger partial charge in [-0.25, -0.2) is 4.98 Å². The normalized spacial score (nSPS) is 12.1. The number of thiazole rings is 1. The van der Waals surface area contributed by atoms with Crippen LogP contribution in [-0.2, 0) is 11.2 Å². The minimum atomic E-state index is -0.162. The van der Waals surface area contributed by atoms with E-state index in [1.807, 2.05) is 49.6 Å². The standard InChI is InChI=1S/C17H17N3O2S/c1-11-6-7-15(22-11)12(2)19-16(21)9-13-10-23-17(20-13)14-5-3-4-8-18-14/h3-8,10,12H,9H2,1-2H3,(H,19,21). The van der Waals surface area contributed by atoms with Crippen molar-refractivity contribution in [3.63, 3.8) is 0 Å². The lowest BCUT2D eigenvalue weighted by atomic mass is 10.2. The number of carbonyl (C=O) groups is 1. The van der Waals surface area contributed by atoms with Crippen LogP contribution in [0.1, 0.15) is 30.2 Å². The van der Waals surface area contributed by atoms with Gasteiger partial charge in [-0.15, -0.1) is 11.3 Å². The number of aromatic nitrogens is 2. The van der Waals surface area contributed by atoms with Crippen molar-refractivity contribution in [3.05, 3.63) is 59.1 Å². The molecule has 1 atom stereocenters. The summed E-state index contributed by atoms with van der Waals surface area (Å²) in [4.78, 5) is 20.9. The van der Waals surface area contributed by atoms with E-state index in [9.17, 15) is 4.79 Å². The lowest BCUT2D eigenvalue weighted by Gasteiger charge is -2.10. The molecule has 5 nitrogen and oxygen atoms in total. The molecule has 0 fully saturated rings. The second-order valence-corrected chi connectivity index (χ2v) is 6.13. The van der Waals surface area contributed by atoms with Gasteiger partial charge >= 0.3 is 0 Å². The van der Waals surface area contributed by atoms with E-state index in [4.69, 9.17) is 4.42 Å². The number of aryl methyl sites for hydroxylation is 1. The Kier molecular flexibility index (Phi) is 4.52. The van der Waals surface area contributed by atoms with Crippen molar-refractivity contribution < 1.29 is 9.21 Å². The molecule has 0 aliphatic carbocycles. The lowest BCUT2D eigenvalue weighted by molar-refractivity contribution is -0.121. The van der Waals surface area contributed by atoms with Gasteiger partial charge in [0.2, 0.25) is 5.91 Å². The number of amides is 1. The Labute approximate surface area is 138 Å². The number of carbonyl (C=O) groups excluding carboxylic acids is 1. The third-order valence-electron chi connectivity index (χ3n) is 3.34. The van der Waals surface area contributed by atoms with E-state index in [0.717, 1.165) is 27.9 Å². The van der Waals surface area contributed by atoms with Crippen LogP contribution in [0, 0.1) is 6.92 Å². The molecule has 0 spiro atoms. The zero-order chi connectivity index (χ0) is 16.2. The molecule has 1 N–H and O–H groups in total. The minimum Gasteiger partial charge on any atom is -0.464 e. The fourth-order valence-corrected chi connectivity index (χ4v) is 3.00. The van der Waals surface area contributed by atoms with Crippen LogP contribution in [0.4, 0.5) is 0 Å². The molecule has 0 aliphatic heterocycles. The lowest BCUT2D eigenvalue weighted by Crippen LogP contribution is -2.27. The first-order valence-electron chi connectivity index (χ1n) is 7.33. The number of hydrogen-bond acceptors (Lipinski definition) is 5. The Morgan fingerprint density at radius 1 is 1.35 bits per heavy atom. The van der Waals surface area contributed by atoms with E-state index in [2.05, 4.69) is 15.3 Å². The number of hydrogen-bond donors (Lipinski definition) is 1. The van der Waals surface area contributed by atoms with Gasteiger partial charge in [-0.2, -0.15) is 0 Å². The number of pyridine rings is 1. The molecule has 3 rings (SSSR count). The zero-order valence-electron chi connectivity index (χ0n) is 12.9. The predicted octanol–water partition coefficient (Wildman–Crippen LogP) is 3.53. The molecule has 1 unspecified atom stereocenters. The Morgan fingerprint density at radius 2 is 2.22 bits per heavy atom. The Balaban J connectivity index is 1.61. The molecule has 0 saturated carbocycles. The van der Waals surface area contributed by atoms with Crippen LogP contribution in [-0.4, -0.2) is 15.9 Å². The number of nitrogens with one attached hydrogen (secondary N) is 1. The maximum atomic E-state index is 12.1. The molecular weight excluding hydrogens is 310 g/mol. The summed E-state index contributed by atoms with van der Waals surface area (Å²) in [6.45, 7) is 3.78. The minimum absolute atomic E-state index is 0.0792. The van der Waals surface area contributed by atoms with Crippen LogP contribution in [0.5, 0.6) is 0 Å². The van der Waals surface area contributed by atoms with E-state index in [-0.39, 0.29) is 18.4 Å². The highest BCUT2D eigenvalue weighted by Gasteiger charge is 2.14. The fourth-order valence-electron chi connectivity index (χ4n) is 2.21. The third kappa shape index (κ3) is 3.84. The largest absolute Gasteiger partial charge is 0.464 e. The number of rotatable bonds is 5. The van der Waals surface area contributed by atoms with E-state index in [1.165, 1.54) is 11.3 Å². The first-order valence-corrected chi connectivity index (χ1v) is 8.21. The first kappa shape index (κ1) is 15.4. The molecule has 3 heterocycles.